The van der Waals surface area contributed by atoms with Crippen LogP contribution in [0.5, 0.6) is 0 Å². The SMILES string of the molecule is CC1C=NC=CC1N(c1ccc(-c2c(F)c(F)c(F)c(F)c2F)cc1)c1ccc(-c2ccc(-c3ccc(N(c4ccncc4)c4ccc(-c5c(F)c(F)c(F)c(F)c5F)cc4)cc3)n2-c2ccccc2)cc1. The van der Waals surface area contributed by atoms with Crippen LogP contribution in [-0.4, -0.2) is 21.8 Å². The number of rotatable bonds is 11. The van der Waals surface area contributed by atoms with Gasteiger partial charge in [-0.15, -0.1) is 0 Å². The number of para-hydroxylation sites is 1. The molecule has 1 aliphatic heterocycles. The van der Waals surface area contributed by atoms with Gasteiger partial charge in [-0.25, -0.2) is 43.9 Å². The van der Waals surface area contributed by atoms with Crippen LogP contribution in [0, 0.1) is 64.1 Å². The fourth-order valence-electron chi connectivity index (χ4n) is 8.94. The van der Waals surface area contributed by atoms with Crippen molar-refractivity contribution in [1.29, 1.82) is 0 Å². The lowest BCUT2D eigenvalue weighted by Crippen LogP contribution is -2.36. The highest BCUT2D eigenvalue weighted by molar-refractivity contribution is 5.82. The summed E-state index contributed by atoms with van der Waals surface area (Å²) in [5.41, 5.74) is 4.93. The molecule has 358 valence electrons. The summed E-state index contributed by atoms with van der Waals surface area (Å²) in [5, 5.41) is 0. The minimum absolute atomic E-state index is 0.102. The summed E-state index contributed by atoms with van der Waals surface area (Å²) >= 11 is 0. The summed E-state index contributed by atoms with van der Waals surface area (Å²) in [7, 11) is 0. The fraction of sp³-hybridized carbons (Fsp3) is 0.0526. The number of aromatic nitrogens is 2. The molecule has 7 aromatic carbocycles. The Hall–Kier alpha value is -8.72. The number of hydrogen-bond donors (Lipinski definition) is 0. The van der Waals surface area contributed by atoms with Crippen molar-refractivity contribution in [2.24, 2.45) is 10.9 Å². The zero-order valence-electron chi connectivity index (χ0n) is 37.5. The maximum absolute atomic E-state index is 14.8. The zero-order chi connectivity index (χ0) is 50.4. The number of nitrogens with zero attached hydrogens (tertiary/aromatic N) is 5. The summed E-state index contributed by atoms with van der Waals surface area (Å²) in [6.07, 6.45) is 8.56. The molecule has 0 fully saturated rings. The van der Waals surface area contributed by atoms with Gasteiger partial charge < -0.3 is 14.4 Å². The van der Waals surface area contributed by atoms with E-state index in [1.165, 1.54) is 36.4 Å². The van der Waals surface area contributed by atoms with Crippen molar-refractivity contribution in [1.82, 2.24) is 9.55 Å². The van der Waals surface area contributed by atoms with E-state index in [0.29, 0.717) is 22.7 Å². The Kier molecular flexibility index (Phi) is 12.5. The Morgan fingerprint density at radius 3 is 1.19 bits per heavy atom. The number of halogens is 10. The van der Waals surface area contributed by atoms with Crippen molar-refractivity contribution < 1.29 is 43.9 Å². The zero-order valence-corrected chi connectivity index (χ0v) is 37.5. The Bertz CT molecular complexity index is 3470. The predicted molar refractivity (Wildman–Crippen MR) is 259 cm³/mol. The molecule has 10 rings (SSSR count). The third kappa shape index (κ3) is 8.35. The topological polar surface area (TPSA) is 36.7 Å². The fourth-order valence-corrected chi connectivity index (χ4v) is 8.94. The summed E-state index contributed by atoms with van der Waals surface area (Å²) in [6.45, 7) is 1.98. The average molecular weight is 980 g/mol. The molecular formula is C57H35F10N5. The summed E-state index contributed by atoms with van der Waals surface area (Å²) < 4.78 is 146. The minimum Gasteiger partial charge on any atom is -0.334 e. The lowest BCUT2D eigenvalue weighted by atomic mass is 9.97. The third-order valence-electron chi connectivity index (χ3n) is 12.5. The molecular weight excluding hydrogens is 945 g/mol. The van der Waals surface area contributed by atoms with Gasteiger partial charge >= 0.3 is 0 Å². The first-order valence-electron chi connectivity index (χ1n) is 22.2. The highest BCUT2D eigenvalue weighted by Crippen LogP contribution is 2.41. The molecule has 0 aliphatic carbocycles. The van der Waals surface area contributed by atoms with E-state index in [4.69, 9.17) is 0 Å². The van der Waals surface area contributed by atoms with Gasteiger partial charge in [0, 0.05) is 64.9 Å². The van der Waals surface area contributed by atoms with E-state index in [9.17, 15) is 43.9 Å². The minimum atomic E-state index is -2.24. The van der Waals surface area contributed by atoms with E-state index in [-0.39, 0.29) is 23.1 Å². The van der Waals surface area contributed by atoms with Crippen LogP contribution in [0.2, 0.25) is 0 Å². The van der Waals surface area contributed by atoms with Crippen LogP contribution in [0.15, 0.2) is 181 Å². The Morgan fingerprint density at radius 2 is 0.778 bits per heavy atom. The highest BCUT2D eigenvalue weighted by atomic mass is 19.2. The van der Waals surface area contributed by atoms with Crippen LogP contribution in [-0.2, 0) is 0 Å². The molecule has 2 unspecified atom stereocenters. The van der Waals surface area contributed by atoms with E-state index < -0.39 is 69.3 Å². The molecule has 0 N–H and O–H groups in total. The van der Waals surface area contributed by atoms with Crippen LogP contribution < -0.4 is 9.80 Å². The second kappa shape index (κ2) is 19.2. The molecule has 2 aromatic heterocycles. The lowest BCUT2D eigenvalue weighted by Gasteiger charge is -2.35. The maximum Gasteiger partial charge on any atom is 0.200 e. The molecule has 9 aromatic rings. The summed E-state index contributed by atoms with van der Waals surface area (Å²) in [6, 6.07) is 43.7. The van der Waals surface area contributed by atoms with E-state index in [1.54, 1.807) is 49.1 Å². The molecule has 0 radical (unpaired) electrons. The maximum atomic E-state index is 14.8. The van der Waals surface area contributed by atoms with Gasteiger partial charge in [-0.2, -0.15) is 0 Å². The van der Waals surface area contributed by atoms with Crippen LogP contribution in [0.25, 0.3) is 50.5 Å². The molecule has 2 atom stereocenters. The molecule has 5 nitrogen and oxygen atoms in total. The second-order valence-electron chi connectivity index (χ2n) is 16.8. The van der Waals surface area contributed by atoms with Crippen molar-refractivity contribution in [3.63, 3.8) is 0 Å². The van der Waals surface area contributed by atoms with Crippen molar-refractivity contribution in [3.8, 4) is 50.5 Å². The lowest BCUT2D eigenvalue weighted by molar-refractivity contribution is 0.381. The van der Waals surface area contributed by atoms with Crippen LogP contribution in [0.1, 0.15) is 6.92 Å². The monoisotopic (exact) mass is 979 g/mol. The Balaban J connectivity index is 0.990. The molecule has 72 heavy (non-hydrogen) atoms. The molecule has 15 heteroatoms. The first-order chi connectivity index (χ1) is 34.8. The number of aliphatic imine (C=N–C) groups is 1. The number of hydrogen-bond acceptors (Lipinski definition) is 4. The largest absolute Gasteiger partial charge is 0.334 e. The molecule has 0 saturated heterocycles. The average Bonchev–Trinajstić information content (AvgIpc) is 3.87. The smallest absolute Gasteiger partial charge is 0.200 e. The first kappa shape index (κ1) is 47.0. The Labute approximate surface area is 405 Å². The van der Waals surface area contributed by atoms with Gasteiger partial charge in [0.1, 0.15) is 0 Å². The molecule has 1 aliphatic rings. The summed E-state index contributed by atoms with van der Waals surface area (Å²) in [5.74, 6) is -20.4. The first-order valence-corrected chi connectivity index (χ1v) is 22.2. The van der Waals surface area contributed by atoms with Crippen molar-refractivity contribution >= 4 is 34.7 Å². The van der Waals surface area contributed by atoms with Crippen molar-refractivity contribution in [2.75, 3.05) is 9.80 Å². The second-order valence-corrected chi connectivity index (χ2v) is 16.8. The van der Waals surface area contributed by atoms with Gasteiger partial charge in [0.15, 0.2) is 46.5 Å². The van der Waals surface area contributed by atoms with Crippen LogP contribution in [0.3, 0.4) is 0 Å². The van der Waals surface area contributed by atoms with Gasteiger partial charge in [-0.1, -0.05) is 73.7 Å². The summed E-state index contributed by atoms with van der Waals surface area (Å²) in [4.78, 5) is 12.3. The van der Waals surface area contributed by atoms with Crippen LogP contribution >= 0.6 is 0 Å². The van der Waals surface area contributed by atoms with E-state index >= 15 is 0 Å². The normalized spacial score (nSPS) is 14.2. The molecule has 0 bridgehead atoms. The third-order valence-corrected chi connectivity index (χ3v) is 12.5. The molecule has 0 spiro atoms. The van der Waals surface area contributed by atoms with E-state index in [0.717, 1.165) is 33.9 Å². The number of anilines is 5. The van der Waals surface area contributed by atoms with Gasteiger partial charge in [-0.3, -0.25) is 9.98 Å². The molecule has 0 amide bonds. The van der Waals surface area contributed by atoms with Crippen molar-refractivity contribution in [3.05, 3.63) is 235 Å². The standard InChI is InChI=1S/C57H35F10N5/c1-32-31-69-30-27-43(32)71(41-21-13-36(14-22-41)47-50(60)54(64)57(67)55(65)51(47)61)40-17-9-34(10-18-40)45-24-23-44(72(45)37-5-3-2-4-6-37)33-7-15-38(16-8-33)70(42-25-28-68-29-26-42)39-19-11-35(12-20-39)46-48(58)52(62)56(66)53(63)49(46)59/h2-32,43H,1H3. The van der Waals surface area contributed by atoms with Gasteiger partial charge in [0.25, 0.3) is 0 Å². The quantitative estimate of drug-likeness (QED) is 0.0736. The number of pyridine rings is 1. The van der Waals surface area contributed by atoms with Crippen molar-refractivity contribution in [2.45, 2.75) is 13.0 Å². The van der Waals surface area contributed by atoms with E-state index in [2.05, 4.69) is 14.5 Å². The highest BCUT2D eigenvalue weighted by Gasteiger charge is 2.30. The van der Waals surface area contributed by atoms with E-state index in [1.807, 2.05) is 114 Å². The molecule has 3 heterocycles. The molecule has 0 saturated carbocycles. The van der Waals surface area contributed by atoms with Crippen LogP contribution in [0.4, 0.5) is 72.3 Å². The predicted octanol–water partition coefficient (Wildman–Crippen LogP) is 16.1. The number of benzene rings is 7. The van der Waals surface area contributed by atoms with Gasteiger partial charge in [-0.05, 0) is 113 Å². The van der Waals surface area contributed by atoms with Gasteiger partial charge in [0.05, 0.1) is 28.6 Å². The van der Waals surface area contributed by atoms with Gasteiger partial charge in [0.2, 0.25) is 11.6 Å². The Morgan fingerprint density at radius 1 is 0.403 bits per heavy atom.